The second-order valence-electron chi connectivity index (χ2n) is 11.2. The number of benzene rings is 2. The highest BCUT2D eigenvalue weighted by Crippen LogP contribution is 2.33. The number of unbranched alkanes of at least 4 members (excludes halogenated alkanes) is 3. The standard InChI is InChI=1S/C32H44N2O4/c1-4-5-6-7-8-23-9-14-25(15-10-23)31(36)38-27-17-11-24(12-18-27)13-20-30(35)37-22-32(2,3)28-19-16-26(33)21-29(28)34/h11-13,16-21,23,25H,4-10,14-15,22,33-34H2,1-3H3/b20-13+. The third kappa shape index (κ3) is 8.93. The van der Waals surface area contributed by atoms with Crippen LogP contribution in [0.1, 0.15) is 89.7 Å². The zero-order valence-corrected chi connectivity index (χ0v) is 23.2. The van der Waals surface area contributed by atoms with E-state index in [2.05, 4.69) is 6.92 Å². The van der Waals surface area contributed by atoms with Crippen LogP contribution in [-0.2, 0) is 19.7 Å². The Kier molecular flexibility index (Phi) is 10.8. The summed E-state index contributed by atoms with van der Waals surface area (Å²) in [6.07, 6.45) is 13.7. The first-order valence-electron chi connectivity index (χ1n) is 14.0. The van der Waals surface area contributed by atoms with Crippen molar-refractivity contribution in [2.45, 2.75) is 84.0 Å². The van der Waals surface area contributed by atoms with E-state index in [0.717, 1.165) is 42.7 Å². The Bertz CT molecular complexity index is 1080. The van der Waals surface area contributed by atoms with E-state index in [1.807, 2.05) is 32.0 Å². The van der Waals surface area contributed by atoms with E-state index in [0.29, 0.717) is 17.1 Å². The molecule has 1 aliphatic rings. The molecule has 6 nitrogen and oxygen atoms in total. The largest absolute Gasteiger partial charge is 0.462 e. The van der Waals surface area contributed by atoms with E-state index in [9.17, 15) is 9.59 Å². The Morgan fingerprint density at radius 2 is 1.68 bits per heavy atom. The monoisotopic (exact) mass is 520 g/mol. The topological polar surface area (TPSA) is 105 Å². The van der Waals surface area contributed by atoms with Crippen LogP contribution in [0.15, 0.2) is 48.5 Å². The Hall–Kier alpha value is -3.28. The number of anilines is 2. The molecule has 0 aliphatic heterocycles. The van der Waals surface area contributed by atoms with Crippen LogP contribution in [0.5, 0.6) is 5.75 Å². The fourth-order valence-electron chi connectivity index (χ4n) is 5.13. The number of esters is 2. The molecule has 206 valence electrons. The van der Waals surface area contributed by atoms with Gasteiger partial charge in [-0.3, -0.25) is 4.79 Å². The zero-order chi connectivity index (χ0) is 27.5. The van der Waals surface area contributed by atoms with Gasteiger partial charge in [-0.2, -0.15) is 0 Å². The smallest absolute Gasteiger partial charge is 0.330 e. The third-order valence-electron chi connectivity index (χ3n) is 7.54. The van der Waals surface area contributed by atoms with Crippen molar-refractivity contribution >= 4 is 29.4 Å². The van der Waals surface area contributed by atoms with Gasteiger partial charge in [0.25, 0.3) is 0 Å². The van der Waals surface area contributed by atoms with Gasteiger partial charge in [0.05, 0.1) is 5.92 Å². The zero-order valence-electron chi connectivity index (χ0n) is 23.2. The molecular formula is C32H44N2O4. The minimum Gasteiger partial charge on any atom is -0.462 e. The molecule has 2 aromatic carbocycles. The highest BCUT2D eigenvalue weighted by Gasteiger charge is 2.28. The van der Waals surface area contributed by atoms with Gasteiger partial charge in [-0.05, 0) is 73.1 Å². The molecule has 0 amide bonds. The number of hydrogen-bond acceptors (Lipinski definition) is 6. The Balaban J connectivity index is 1.42. The summed E-state index contributed by atoms with van der Waals surface area (Å²) >= 11 is 0. The number of ether oxygens (including phenoxy) is 2. The number of hydrogen-bond donors (Lipinski definition) is 2. The summed E-state index contributed by atoms with van der Waals surface area (Å²) in [5, 5.41) is 0. The third-order valence-corrected chi connectivity index (χ3v) is 7.54. The van der Waals surface area contributed by atoms with Crippen LogP contribution in [0.25, 0.3) is 6.08 Å². The Morgan fingerprint density at radius 1 is 0.974 bits per heavy atom. The molecule has 3 rings (SSSR count). The number of nitrogens with two attached hydrogens (primary N) is 2. The van der Waals surface area contributed by atoms with Gasteiger partial charge in [-0.1, -0.05) is 71.1 Å². The highest BCUT2D eigenvalue weighted by atomic mass is 16.5. The summed E-state index contributed by atoms with van der Waals surface area (Å²) in [5.41, 5.74) is 14.3. The summed E-state index contributed by atoms with van der Waals surface area (Å²) in [4.78, 5) is 25.0. The second-order valence-corrected chi connectivity index (χ2v) is 11.2. The molecule has 1 saturated carbocycles. The van der Waals surface area contributed by atoms with Crippen molar-refractivity contribution in [2.75, 3.05) is 18.1 Å². The lowest BCUT2D eigenvalue weighted by atomic mass is 9.80. The first-order valence-corrected chi connectivity index (χ1v) is 14.0. The SMILES string of the molecule is CCCCCCC1CCC(C(=O)Oc2ccc(/C=C/C(=O)OCC(C)(C)c3ccc(N)cc3N)cc2)CC1. The lowest BCUT2D eigenvalue weighted by Gasteiger charge is -2.27. The van der Waals surface area contributed by atoms with Gasteiger partial charge in [0.15, 0.2) is 0 Å². The van der Waals surface area contributed by atoms with Crippen LogP contribution in [0.2, 0.25) is 0 Å². The predicted octanol–water partition coefficient (Wildman–Crippen LogP) is 7.07. The summed E-state index contributed by atoms with van der Waals surface area (Å²) in [7, 11) is 0. The summed E-state index contributed by atoms with van der Waals surface area (Å²) < 4.78 is 11.1. The van der Waals surface area contributed by atoms with E-state index in [1.165, 1.54) is 38.2 Å². The maximum atomic E-state index is 12.7. The Labute approximate surface area is 227 Å². The maximum absolute atomic E-state index is 12.7. The number of carbonyl (C=O) groups excluding carboxylic acids is 2. The lowest BCUT2D eigenvalue weighted by Crippen LogP contribution is -2.27. The Morgan fingerprint density at radius 3 is 2.34 bits per heavy atom. The first kappa shape index (κ1) is 29.3. The quantitative estimate of drug-likeness (QED) is 0.102. The van der Waals surface area contributed by atoms with Crippen LogP contribution in [0, 0.1) is 11.8 Å². The van der Waals surface area contributed by atoms with Gasteiger partial charge in [0, 0.05) is 22.9 Å². The van der Waals surface area contributed by atoms with Crippen LogP contribution >= 0.6 is 0 Å². The predicted molar refractivity (Wildman–Crippen MR) is 155 cm³/mol. The first-order chi connectivity index (χ1) is 18.2. The molecule has 1 aliphatic carbocycles. The van der Waals surface area contributed by atoms with E-state index in [4.69, 9.17) is 20.9 Å². The lowest BCUT2D eigenvalue weighted by molar-refractivity contribution is -0.140. The molecule has 0 atom stereocenters. The minimum absolute atomic E-state index is 0.0101. The van der Waals surface area contributed by atoms with Crippen LogP contribution in [-0.4, -0.2) is 18.5 Å². The van der Waals surface area contributed by atoms with Gasteiger partial charge in [0.1, 0.15) is 12.4 Å². The van der Waals surface area contributed by atoms with E-state index in [1.54, 1.807) is 30.3 Å². The molecule has 2 aromatic rings. The second kappa shape index (κ2) is 14.0. The van der Waals surface area contributed by atoms with Crippen molar-refractivity contribution in [3.63, 3.8) is 0 Å². The summed E-state index contributed by atoms with van der Waals surface area (Å²) in [5.74, 6) is 0.702. The molecular weight excluding hydrogens is 476 g/mol. The maximum Gasteiger partial charge on any atom is 0.330 e. The van der Waals surface area contributed by atoms with Gasteiger partial charge in [-0.15, -0.1) is 0 Å². The average Bonchev–Trinajstić information content (AvgIpc) is 2.89. The molecule has 0 saturated heterocycles. The average molecular weight is 521 g/mol. The van der Waals surface area contributed by atoms with E-state index in [-0.39, 0.29) is 18.5 Å². The van der Waals surface area contributed by atoms with E-state index >= 15 is 0 Å². The minimum atomic E-state index is -0.458. The molecule has 1 fully saturated rings. The fourth-order valence-corrected chi connectivity index (χ4v) is 5.13. The highest BCUT2D eigenvalue weighted by molar-refractivity contribution is 5.87. The molecule has 0 unspecified atom stereocenters. The van der Waals surface area contributed by atoms with Crippen molar-refractivity contribution in [2.24, 2.45) is 11.8 Å². The summed E-state index contributed by atoms with van der Waals surface area (Å²) in [6.45, 7) is 6.35. The molecule has 6 heteroatoms. The fraction of sp³-hybridized carbons (Fsp3) is 0.500. The van der Waals surface area contributed by atoms with Crippen molar-refractivity contribution < 1.29 is 19.1 Å². The number of carbonyl (C=O) groups is 2. The molecule has 0 spiro atoms. The molecule has 0 heterocycles. The van der Waals surface area contributed by atoms with Gasteiger partial charge in [0.2, 0.25) is 0 Å². The van der Waals surface area contributed by atoms with Crippen LogP contribution in [0.3, 0.4) is 0 Å². The van der Waals surface area contributed by atoms with Crippen molar-refractivity contribution in [3.8, 4) is 5.75 Å². The molecule has 0 bridgehead atoms. The van der Waals surface area contributed by atoms with Gasteiger partial charge in [-0.25, -0.2) is 4.79 Å². The number of nitrogen functional groups attached to an aromatic ring is 2. The molecule has 0 aromatic heterocycles. The van der Waals surface area contributed by atoms with Crippen LogP contribution < -0.4 is 16.2 Å². The molecule has 38 heavy (non-hydrogen) atoms. The van der Waals surface area contributed by atoms with Gasteiger partial charge >= 0.3 is 11.9 Å². The number of rotatable bonds is 12. The normalized spacial score (nSPS) is 17.9. The van der Waals surface area contributed by atoms with E-state index < -0.39 is 11.4 Å². The molecule has 4 N–H and O–H groups in total. The van der Waals surface area contributed by atoms with Crippen molar-refractivity contribution in [3.05, 3.63) is 59.7 Å². The van der Waals surface area contributed by atoms with Crippen molar-refractivity contribution in [1.29, 1.82) is 0 Å². The van der Waals surface area contributed by atoms with Gasteiger partial charge < -0.3 is 20.9 Å². The van der Waals surface area contributed by atoms with Crippen molar-refractivity contribution in [1.82, 2.24) is 0 Å². The molecule has 0 radical (unpaired) electrons. The van der Waals surface area contributed by atoms with Crippen LogP contribution in [0.4, 0.5) is 11.4 Å². The summed E-state index contributed by atoms with van der Waals surface area (Å²) in [6, 6.07) is 12.5.